The normalized spacial score (nSPS) is 18.2. The zero-order chi connectivity index (χ0) is 17.8. The van der Waals surface area contributed by atoms with Crippen molar-refractivity contribution in [3.63, 3.8) is 0 Å². The number of rotatable bonds is 6. The van der Waals surface area contributed by atoms with E-state index in [0.29, 0.717) is 17.7 Å². The molecule has 1 heterocycles. The van der Waals surface area contributed by atoms with Crippen molar-refractivity contribution in [2.75, 3.05) is 5.32 Å². The number of amides is 2. The molecule has 1 aliphatic rings. The summed E-state index contributed by atoms with van der Waals surface area (Å²) in [7, 11) is 0. The number of pyridine rings is 1. The molecule has 1 aromatic heterocycles. The zero-order valence-electron chi connectivity index (χ0n) is 13.2. The molecule has 25 heavy (non-hydrogen) atoms. The molecule has 2 amide bonds. The van der Waals surface area contributed by atoms with Gasteiger partial charge in [0.2, 0.25) is 11.9 Å². The van der Waals surface area contributed by atoms with E-state index < -0.39 is 16.9 Å². The number of hydrogen-bond donors (Lipinski definition) is 2. The maximum Gasteiger partial charge on any atom is 0.255 e. The first-order valence-electron chi connectivity index (χ1n) is 7.76. The fourth-order valence-corrected chi connectivity index (χ4v) is 2.43. The minimum Gasteiger partial charge on any atom is -0.352 e. The summed E-state index contributed by atoms with van der Waals surface area (Å²) in [4.78, 5) is 38.0. The molecule has 1 fully saturated rings. The maximum atomic E-state index is 12.1. The van der Waals surface area contributed by atoms with E-state index in [0.717, 1.165) is 5.56 Å². The van der Waals surface area contributed by atoms with Gasteiger partial charge < -0.3 is 10.6 Å². The second-order valence-corrected chi connectivity index (χ2v) is 5.81. The highest BCUT2D eigenvalue weighted by atomic mass is 16.6. The van der Waals surface area contributed by atoms with Crippen LogP contribution in [0.15, 0.2) is 48.8 Å². The maximum absolute atomic E-state index is 12.1. The van der Waals surface area contributed by atoms with E-state index in [2.05, 4.69) is 15.6 Å². The average molecular weight is 340 g/mol. The number of hydrogen-bond acceptors (Lipinski definition) is 5. The van der Waals surface area contributed by atoms with Crippen LogP contribution in [-0.2, 0) is 11.3 Å². The topological polar surface area (TPSA) is 114 Å². The van der Waals surface area contributed by atoms with Crippen molar-refractivity contribution in [1.29, 1.82) is 0 Å². The summed E-state index contributed by atoms with van der Waals surface area (Å²) in [6, 6.07) is 9.50. The predicted molar refractivity (Wildman–Crippen MR) is 89.4 cm³/mol. The van der Waals surface area contributed by atoms with Crippen molar-refractivity contribution >= 4 is 17.5 Å². The Balaban J connectivity index is 1.51. The fraction of sp³-hybridized carbons (Fsp3) is 0.235. The van der Waals surface area contributed by atoms with Gasteiger partial charge in [-0.15, -0.1) is 0 Å². The molecule has 0 aliphatic heterocycles. The second kappa shape index (κ2) is 7.08. The van der Waals surface area contributed by atoms with Crippen molar-refractivity contribution in [2.24, 2.45) is 5.92 Å². The number of aromatic nitrogens is 1. The Hall–Kier alpha value is -3.29. The van der Waals surface area contributed by atoms with Gasteiger partial charge in [0.1, 0.15) is 5.92 Å². The molecule has 0 spiro atoms. The molecule has 0 radical (unpaired) electrons. The molecule has 1 saturated carbocycles. The second-order valence-electron chi connectivity index (χ2n) is 5.81. The van der Waals surface area contributed by atoms with E-state index in [1.54, 1.807) is 48.8 Å². The Morgan fingerprint density at radius 2 is 2.00 bits per heavy atom. The first-order valence-corrected chi connectivity index (χ1v) is 7.76. The minimum absolute atomic E-state index is 0.254. The Labute approximate surface area is 143 Å². The summed E-state index contributed by atoms with van der Waals surface area (Å²) < 4.78 is 0. The van der Waals surface area contributed by atoms with Crippen molar-refractivity contribution < 1.29 is 14.5 Å². The molecule has 8 nitrogen and oxygen atoms in total. The van der Waals surface area contributed by atoms with Crippen molar-refractivity contribution in [3.8, 4) is 0 Å². The summed E-state index contributed by atoms with van der Waals surface area (Å²) in [6.45, 7) is 0.268. The Morgan fingerprint density at radius 3 is 2.60 bits per heavy atom. The summed E-state index contributed by atoms with van der Waals surface area (Å²) in [5.74, 6) is -1.09. The lowest BCUT2D eigenvalue weighted by Crippen LogP contribution is -2.26. The van der Waals surface area contributed by atoms with Crippen LogP contribution >= 0.6 is 0 Å². The van der Waals surface area contributed by atoms with Crippen LogP contribution in [0.1, 0.15) is 22.3 Å². The molecular formula is C17H16N4O4. The molecule has 0 bridgehead atoms. The number of nitrogens with one attached hydrogen (secondary N) is 2. The predicted octanol–water partition coefficient (Wildman–Crippen LogP) is 1.62. The van der Waals surface area contributed by atoms with Gasteiger partial charge in [-0.25, -0.2) is 0 Å². The highest BCUT2D eigenvalue weighted by molar-refractivity contribution is 6.04. The van der Waals surface area contributed by atoms with Gasteiger partial charge in [0.05, 0.1) is 11.9 Å². The van der Waals surface area contributed by atoms with Crippen LogP contribution in [0.2, 0.25) is 0 Å². The molecule has 128 valence electrons. The van der Waals surface area contributed by atoms with Crippen molar-refractivity contribution in [1.82, 2.24) is 10.3 Å². The van der Waals surface area contributed by atoms with Crippen LogP contribution in [0, 0.1) is 16.0 Å². The van der Waals surface area contributed by atoms with Crippen molar-refractivity contribution in [2.45, 2.75) is 19.0 Å². The monoisotopic (exact) mass is 340 g/mol. The Bertz CT molecular complexity index is 792. The largest absolute Gasteiger partial charge is 0.352 e. The van der Waals surface area contributed by atoms with Crippen LogP contribution < -0.4 is 10.6 Å². The van der Waals surface area contributed by atoms with Gasteiger partial charge in [-0.3, -0.25) is 24.7 Å². The van der Waals surface area contributed by atoms with Gasteiger partial charge in [0.25, 0.3) is 5.91 Å². The standard InChI is InChI=1S/C17H16N4O4/c22-16(20-13-2-1-7-18-10-13)12-5-3-11(4-6-12)9-19-17(23)14-8-15(14)21(24)25/h1-7,10,14-15H,8-9H2,(H,19,23)(H,20,22)/t14-,15+/m1/s1. The number of carbonyl (C=O) groups excluding carboxylic acids is 2. The van der Waals surface area contributed by atoms with Crippen LogP contribution in [0.5, 0.6) is 0 Å². The van der Waals surface area contributed by atoms with Gasteiger partial charge in [0, 0.05) is 29.6 Å². The molecule has 0 unspecified atom stereocenters. The van der Waals surface area contributed by atoms with Crippen LogP contribution in [0.4, 0.5) is 5.69 Å². The van der Waals surface area contributed by atoms with Crippen LogP contribution in [0.25, 0.3) is 0 Å². The number of nitrogens with zero attached hydrogens (tertiary/aromatic N) is 2. The van der Waals surface area contributed by atoms with Gasteiger partial charge in [-0.2, -0.15) is 0 Å². The van der Waals surface area contributed by atoms with Gasteiger partial charge in [0.15, 0.2) is 0 Å². The molecule has 3 rings (SSSR count). The lowest BCUT2D eigenvalue weighted by atomic mass is 10.1. The van der Waals surface area contributed by atoms with E-state index in [4.69, 9.17) is 0 Å². The fourth-order valence-electron chi connectivity index (χ4n) is 2.43. The molecule has 2 aromatic rings. The third kappa shape index (κ3) is 4.17. The van der Waals surface area contributed by atoms with E-state index in [1.807, 2.05) is 0 Å². The summed E-state index contributed by atoms with van der Waals surface area (Å²) in [5.41, 5.74) is 1.90. The highest BCUT2D eigenvalue weighted by Gasteiger charge is 2.53. The lowest BCUT2D eigenvalue weighted by molar-refractivity contribution is -0.497. The average Bonchev–Trinajstić information content (AvgIpc) is 3.42. The number of nitro groups is 1. The number of carbonyl (C=O) groups is 2. The first-order chi connectivity index (χ1) is 12.0. The minimum atomic E-state index is -0.751. The summed E-state index contributed by atoms with van der Waals surface area (Å²) in [6.07, 6.45) is 3.47. The molecule has 2 atom stereocenters. The summed E-state index contributed by atoms with van der Waals surface area (Å²) >= 11 is 0. The van der Waals surface area contributed by atoms with Crippen molar-refractivity contribution in [3.05, 3.63) is 70.0 Å². The molecule has 8 heteroatoms. The van der Waals surface area contributed by atoms with E-state index in [1.165, 1.54) is 0 Å². The van der Waals surface area contributed by atoms with Gasteiger partial charge >= 0.3 is 0 Å². The molecular weight excluding hydrogens is 324 g/mol. The zero-order valence-corrected chi connectivity index (χ0v) is 13.2. The lowest BCUT2D eigenvalue weighted by Gasteiger charge is -2.07. The van der Waals surface area contributed by atoms with Gasteiger partial charge in [-0.1, -0.05) is 12.1 Å². The molecule has 1 aliphatic carbocycles. The number of anilines is 1. The van der Waals surface area contributed by atoms with E-state index >= 15 is 0 Å². The smallest absolute Gasteiger partial charge is 0.255 e. The Kier molecular flexibility index (Phi) is 4.69. The molecule has 2 N–H and O–H groups in total. The molecule has 0 saturated heterocycles. The Morgan fingerprint density at radius 1 is 1.24 bits per heavy atom. The first kappa shape index (κ1) is 16.6. The third-order valence-corrected chi connectivity index (χ3v) is 3.97. The van der Waals surface area contributed by atoms with Crippen LogP contribution in [-0.4, -0.2) is 27.8 Å². The van der Waals surface area contributed by atoms with Crippen LogP contribution in [0.3, 0.4) is 0 Å². The molecule has 1 aromatic carbocycles. The van der Waals surface area contributed by atoms with Gasteiger partial charge in [-0.05, 0) is 29.8 Å². The highest BCUT2D eigenvalue weighted by Crippen LogP contribution is 2.33. The number of benzene rings is 1. The summed E-state index contributed by atoms with van der Waals surface area (Å²) in [5, 5.41) is 16.0. The third-order valence-electron chi connectivity index (χ3n) is 3.97. The van der Waals surface area contributed by atoms with E-state index in [9.17, 15) is 19.7 Å². The quantitative estimate of drug-likeness (QED) is 0.612. The SMILES string of the molecule is O=C(Nc1cccnc1)c1ccc(CNC(=O)[C@@H]2C[C@@H]2[N+](=O)[O-])cc1. The van der Waals surface area contributed by atoms with E-state index in [-0.39, 0.29) is 18.4 Å².